The van der Waals surface area contributed by atoms with Gasteiger partial charge < -0.3 is 20.1 Å². The first-order chi connectivity index (χ1) is 10.5. The van der Waals surface area contributed by atoms with Gasteiger partial charge in [-0.05, 0) is 25.5 Å². The zero-order valence-corrected chi connectivity index (χ0v) is 13.4. The number of nitrogens with zero attached hydrogens (tertiary/aromatic N) is 1. The molecular formula is C16H24N2O4. The largest absolute Gasteiger partial charge is 0.490 e. The Morgan fingerprint density at radius 1 is 1.32 bits per heavy atom. The normalized spacial score (nSPS) is 10.1. The summed E-state index contributed by atoms with van der Waals surface area (Å²) in [6.45, 7) is 4.86. The van der Waals surface area contributed by atoms with Crippen LogP contribution in [0.25, 0.3) is 0 Å². The molecule has 0 aliphatic rings. The lowest BCUT2D eigenvalue weighted by Crippen LogP contribution is -2.32. The third-order valence-electron chi connectivity index (χ3n) is 3.15. The van der Waals surface area contributed by atoms with E-state index in [1.165, 1.54) is 6.07 Å². The molecule has 0 saturated carbocycles. The highest BCUT2D eigenvalue weighted by Gasteiger charge is 2.15. The highest BCUT2D eigenvalue weighted by molar-refractivity contribution is 5.81. The molecule has 0 fully saturated rings. The minimum atomic E-state index is -0.130. The Morgan fingerprint density at radius 2 is 2.05 bits per heavy atom. The van der Waals surface area contributed by atoms with Gasteiger partial charge in [0.05, 0.1) is 12.3 Å². The van der Waals surface area contributed by atoms with E-state index in [2.05, 4.69) is 6.92 Å². The lowest BCUT2D eigenvalue weighted by Gasteiger charge is -2.19. The number of ether oxygens (including phenoxy) is 2. The van der Waals surface area contributed by atoms with Crippen molar-refractivity contribution < 1.29 is 19.1 Å². The molecule has 0 radical (unpaired) electrons. The van der Waals surface area contributed by atoms with Crippen molar-refractivity contribution in [3.8, 4) is 11.5 Å². The number of rotatable bonds is 9. The summed E-state index contributed by atoms with van der Waals surface area (Å²) in [5.41, 5.74) is 6.56. The van der Waals surface area contributed by atoms with E-state index >= 15 is 0 Å². The van der Waals surface area contributed by atoms with Crippen LogP contribution in [0.5, 0.6) is 11.5 Å². The van der Waals surface area contributed by atoms with Crippen molar-refractivity contribution in [2.75, 3.05) is 32.5 Å². The van der Waals surface area contributed by atoms with E-state index in [1.54, 1.807) is 18.0 Å². The molecule has 0 atom stereocenters. The molecule has 0 saturated heterocycles. The van der Waals surface area contributed by atoms with Crippen LogP contribution in [0.3, 0.4) is 0 Å². The summed E-state index contributed by atoms with van der Waals surface area (Å²) in [6.07, 6.45) is 2.65. The molecular weight excluding hydrogens is 284 g/mol. The number of carbonyl (C=O) groups excluding carboxylic acids is 2. The molecule has 0 aliphatic carbocycles. The quantitative estimate of drug-likeness (QED) is 0.558. The molecule has 0 aliphatic heterocycles. The SMILES string of the molecule is CCCCN(C)C(=O)COc1c(N)cc(C=O)cc1OCC. The summed E-state index contributed by atoms with van der Waals surface area (Å²) in [5, 5.41) is 0. The van der Waals surface area contributed by atoms with Crippen molar-refractivity contribution in [2.45, 2.75) is 26.7 Å². The standard InChI is InChI=1S/C16H24N2O4/c1-4-6-7-18(3)15(20)11-22-16-13(17)8-12(10-19)9-14(16)21-5-2/h8-10H,4-7,11,17H2,1-3H3. The monoisotopic (exact) mass is 308 g/mol. The Bertz CT molecular complexity index is 517. The molecule has 0 unspecified atom stereocenters. The number of amides is 1. The third kappa shape index (κ3) is 4.95. The van der Waals surface area contributed by atoms with E-state index in [-0.39, 0.29) is 18.2 Å². The molecule has 22 heavy (non-hydrogen) atoms. The van der Waals surface area contributed by atoms with E-state index in [1.807, 2.05) is 6.92 Å². The van der Waals surface area contributed by atoms with Gasteiger partial charge >= 0.3 is 0 Å². The lowest BCUT2D eigenvalue weighted by molar-refractivity contribution is -0.132. The number of carbonyl (C=O) groups is 2. The molecule has 0 bridgehead atoms. The summed E-state index contributed by atoms with van der Waals surface area (Å²) in [6, 6.07) is 3.05. The van der Waals surface area contributed by atoms with Crippen molar-refractivity contribution in [2.24, 2.45) is 0 Å². The van der Waals surface area contributed by atoms with Gasteiger partial charge in [0.1, 0.15) is 6.29 Å². The fraction of sp³-hybridized carbons (Fsp3) is 0.500. The third-order valence-corrected chi connectivity index (χ3v) is 3.15. The number of anilines is 1. The van der Waals surface area contributed by atoms with Crippen LogP contribution < -0.4 is 15.2 Å². The summed E-state index contributed by atoms with van der Waals surface area (Å²) in [4.78, 5) is 24.5. The van der Waals surface area contributed by atoms with Crippen molar-refractivity contribution >= 4 is 17.9 Å². The molecule has 0 spiro atoms. The molecule has 1 amide bonds. The van der Waals surface area contributed by atoms with Crippen LogP contribution in [0.2, 0.25) is 0 Å². The van der Waals surface area contributed by atoms with E-state index in [0.717, 1.165) is 12.8 Å². The van der Waals surface area contributed by atoms with Crippen LogP contribution in [0.1, 0.15) is 37.0 Å². The zero-order chi connectivity index (χ0) is 16.5. The first-order valence-corrected chi connectivity index (χ1v) is 7.41. The van der Waals surface area contributed by atoms with Gasteiger partial charge in [0.2, 0.25) is 0 Å². The van der Waals surface area contributed by atoms with Crippen molar-refractivity contribution in [3.05, 3.63) is 17.7 Å². The van der Waals surface area contributed by atoms with Gasteiger partial charge in [-0.25, -0.2) is 0 Å². The smallest absolute Gasteiger partial charge is 0.260 e. The topological polar surface area (TPSA) is 81.9 Å². The van der Waals surface area contributed by atoms with Gasteiger partial charge in [-0.3, -0.25) is 9.59 Å². The maximum atomic E-state index is 12.0. The van der Waals surface area contributed by atoms with Crippen LogP contribution in [0.4, 0.5) is 5.69 Å². The maximum absolute atomic E-state index is 12.0. The molecule has 0 aromatic heterocycles. The minimum absolute atomic E-state index is 0.120. The van der Waals surface area contributed by atoms with Gasteiger partial charge in [0, 0.05) is 19.2 Å². The average molecular weight is 308 g/mol. The molecule has 1 aromatic carbocycles. The number of likely N-dealkylation sites (N-methyl/N-ethyl adjacent to an activating group) is 1. The minimum Gasteiger partial charge on any atom is -0.490 e. The van der Waals surface area contributed by atoms with Crippen LogP contribution in [0.15, 0.2) is 12.1 Å². The van der Waals surface area contributed by atoms with Crippen LogP contribution in [-0.2, 0) is 4.79 Å². The summed E-state index contributed by atoms with van der Waals surface area (Å²) in [5.74, 6) is 0.535. The first-order valence-electron chi connectivity index (χ1n) is 7.41. The Kier molecular flexibility index (Phi) is 7.22. The Labute approximate surface area is 131 Å². The molecule has 2 N–H and O–H groups in total. The molecule has 6 nitrogen and oxygen atoms in total. The number of nitrogens with two attached hydrogens (primary N) is 1. The van der Waals surface area contributed by atoms with Gasteiger partial charge in [0.25, 0.3) is 5.91 Å². The van der Waals surface area contributed by atoms with Gasteiger partial charge in [0.15, 0.2) is 18.1 Å². The Hall–Kier alpha value is -2.24. The Balaban J connectivity index is 2.79. The summed E-state index contributed by atoms with van der Waals surface area (Å²) < 4.78 is 11.0. The second kappa shape index (κ2) is 8.92. The number of hydrogen-bond donors (Lipinski definition) is 1. The summed E-state index contributed by atoms with van der Waals surface area (Å²) in [7, 11) is 1.74. The van der Waals surface area contributed by atoms with Crippen molar-refractivity contribution in [3.63, 3.8) is 0 Å². The van der Waals surface area contributed by atoms with Gasteiger partial charge in [-0.15, -0.1) is 0 Å². The van der Waals surface area contributed by atoms with E-state index in [9.17, 15) is 9.59 Å². The van der Waals surface area contributed by atoms with Gasteiger partial charge in [-0.1, -0.05) is 13.3 Å². The van der Waals surface area contributed by atoms with E-state index in [4.69, 9.17) is 15.2 Å². The van der Waals surface area contributed by atoms with E-state index in [0.29, 0.717) is 36.5 Å². The number of unbranched alkanes of at least 4 members (excludes halogenated alkanes) is 1. The second-order valence-corrected chi connectivity index (χ2v) is 4.95. The molecule has 0 heterocycles. The zero-order valence-electron chi connectivity index (χ0n) is 13.4. The highest BCUT2D eigenvalue weighted by atomic mass is 16.5. The molecule has 6 heteroatoms. The highest BCUT2D eigenvalue weighted by Crippen LogP contribution is 2.34. The molecule has 122 valence electrons. The lowest BCUT2D eigenvalue weighted by atomic mass is 10.2. The number of aldehydes is 1. The fourth-order valence-electron chi connectivity index (χ4n) is 1.90. The second-order valence-electron chi connectivity index (χ2n) is 4.95. The molecule has 1 aromatic rings. The van der Waals surface area contributed by atoms with Crippen molar-refractivity contribution in [1.82, 2.24) is 4.90 Å². The number of nitrogen functional groups attached to an aromatic ring is 1. The summed E-state index contributed by atoms with van der Waals surface area (Å²) >= 11 is 0. The predicted octanol–water partition coefficient (Wildman–Crippen LogP) is 2.12. The predicted molar refractivity (Wildman–Crippen MR) is 85.5 cm³/mol. The van der Waals surface area contributed by atoms with Crippen LogP contribution >= 0.6 is 0 Å². The number of hydrogen-bond acceptors (Lipinski definition) is 5. The van der Waals surface area contributed by atoms with Crippen LogP contribution in [-0.4, -0.2) is 43.9 Å². The van der Waals surface area contributed by atoms with Gasteiger partial charge in [-0.2, -0.15) is 0 Å². The van der Waals surface area contributed by atoms with Crippen LogP contribution in [0, 0.1) is 0 Å². The first kappa shape index (κ1) is 17.8. The maximum Gasteiger partial charge on any atom is 0.260 e. The fourth-order valence-corrected chi connectivity index (χ4v) is 1.90. The van der Waals surface area contributed by atoms with Crippen molar-refractivity contribution in [1.29, 1.82) is 0 Å². The van der Waals surface area contributed by atoms with E-state index < -0.39 is 0 Å². The Morgan fingerprint density at radius 3 is 2.64 bits per heavy atom. The average Bonchev–Trinajstić information content (AvgIpc) is 2.51. The molecule has 1 rings (SSSR count). The number of benzene rings is 1.